The lowest BCUT2D eigenvalue weighted by molar-refractivity contribution is 0.123. The number of aromatic amines is 1. The molecule has 4 rings (SSSR count). The average Bonchev–Trinajstić information content (AvgIpc) is 3.22. The third-order valence-corrected chi connectivity index (χ3v) is 4.07. The summed E-state index contributed by atoms with van der Waals surface area (Å²) in [7, 11) is 0. The van der Waals surface area contributed by atoms with Gasteiger partial charge < -0.3 is 23.9 Å². The first kappa shape index (κ1) is 14.5. The molecule has 1 aromatic heterocycles. The first-order valence-corrected chi connectivity index (χ1v) is 7.80. The lowest BCUT2D eigenvalue weighted by Crippen LogP contribution is -2.20. The highest BCUT2D eigenvalue weighted by molar-refractivity contribution is 5.81. The zero-order valence-corrected chi connectivity index (χ0v) is 12.6. The lowest BCUT2D eigenvalue weighted by atomic mass is 10.2. The van der Waals surface area contributed by atoms with Crippen molar-refractivity contribution in [3.05, 3.63) is 28.8 Å². The van der Waals surface area contributed by atoms with Crippen LogP contribution in [0.1, 0.15) is 12.8 Å². The van der Waals surface area contributed by atoms with Crippen molar-refractivity contribution in [3.8, 4) is 11.5 Å². The van der Waals surface area contributed by atoms with E-state index in [1.165, 1.54) is 6.33 Å². The van der Waals surface area contributed by atoms with E-state index in [0.717, 1.165) is 12.8 Å². The summed E-state index contributed by atoms with van der Waals surface area (Å²) in [4.78, 5) is 18.8. The molecule has 7 heteroatoms. The predicted molar refractivity (Wildman–Crippen MR) is 82.1 cm³/mol. The summed E-state index contributed by atoms with van der Waals surface area (Å²) in [5.41, 5.74) is 0.385. The molecule has 23 heavy (non-hydrogen) atoms. The molecule has 7 nitrogen and oxygen atoms in total. The first-order valence-electron chi connectivity index (χ1n) is 7.80. The molecular formula is C16H18N2O5. The van der Waals surface area contributed by atoms with Gasteiger partial charge >= 0.3 is 0 Å². The Morgan fingerprint density at radius 3 is 2.30 bits per heavy atom. The zero-order chi connectivity index (χ0) is 15.6. The SMILES string of the molecule is O=c1[nH]cnc2cc(OC3CCOC3)c(OC3CCOC3)cc12. The van der Waals surface area contributed by atoms with Crippen LogP contribution in [0.15, 0.2) is 23.3 Å². The Kier molecular flexibility index (Phi) is 3.88. The summed E-state index contributed by atoms with van der Waals surface area (Å²) < 4.78 is 22.7. The van der Waals surface area contributed by atoms with Gasteiger partial charge in [-0.25, -0.2) is 4.98 Å². The largest absolute Gasteiger partial charge is 0.484 e. The smallest absolute Gasteiger partial charge is 0.258 e. The standard InChI is InChI=1S/C16H18N2O5/c19-16-12-5-14(22-10-1-3-20-7-10)15(6-13(12)17-9-18-16)23-11-2-4-21-8-11/h5-6,9-11H,1-4,7-8H2,(H,17,18,19). The van der Waals surface area contributed by atoms with Gasteiger partial charge in [-0.15, -0.1) is 0 Å². The topological polar surface area (TPSA) is 82.7 Å². The van der Waals surface area contributed by atoms with E-state index in [9.17, 15) is 4.79 Å². The third-order valence-electron chi connectivity index (χ3n) is 4.07. The first-order chi connectivity index (χ1) is 11.3. The van der Waals surface area contributed by atoms with Gasteiger partial charge in [-0.2, -0.15) is 0 Å². The van der Waals surface area contributed by atoms with Crippen molar-refractivity contribution < 1.29 is 18.9 Å². The van der Waals surface area contributed by atoms with Gasteiger partial charge in [0.25, 0.3) is 5.56 Å². The molecule has 2 aromatic rings. The van der Waals surface area contributed by atoms with Crippen LogP contribution in [0.25, 0.3) is 10.9 Å². The number of nitrogens with one attached hydrogen (secondary N) is 1. The van der Waals surface area contributed by atoms with E-state index in [2.05, 4.69) is 9.97 Å². The molecule has 1 N–H and O–H groups in total. The van der Waals surface area contributed by atoms with Crippen LogP contribution in [-0.2, 0) is 9.47 Å². The maximum Gasteiger partial charge on any atom is 0.258 e. The lowest BCUT2D eigenvalue weighted by Gasteiger charge is -2.19. The van der Waals surface area contributed by atoms with Gasteiger partial charge in [0.15, 0.2) is 11.5 Å². The van der Waals surface area contributed by atoms with Crippen molar-refractivity contribution in [1.29, 1.82) is 0 Å². The van der Waals surface area contributed by atoms with Gasteiger partial charge in [-0.3, -0.25) is 4.79 Å². The molecule has 1 aromatic carbocycles. The molecule has 0 amide bonds. The molecule has 0 bridgehead atoms. The van der Waals surface area contributed by atoms with E-state index in [1.54, 1.807) is 12.1 Å². The number of hydrogen-bond donors (Lipinski definition) is 1. The normalized spacial score (nSPS) is 24.2. The molecule has 3 heterocycles. The van der Waals surface area contributed by atoms with Crippen molar-refractivity contribution >= 4 is 10.9 Å². The maximum absolute atomic E-state index is 12.0. The number of benzene rings is 1. The van der Waals surface area contributed by atoms with Crippen LogP contribution in [0.4, 0.5) is 0 Å². The molecule has 0 radical (unpaired) electrons. The summed E-state index contributed by atoms with van der Waals surface area (Å²) in [6.45, 7) is 2.50. The van der Waals surface area contributed by atoms with Crippen LogP contribution in [0, 0.1) is 0 Å². The van der Waals surface area contributed by atoms with Crippen LogP contribution in [0.3, 0.4) is 0 Å². The van der Waals surface area contributed by atoms with E-state index >= 15 is 0 Å². The maximum atomic E-state index is 12.0. The Morgan fingerprint density at radius 2 is 1.70 bits per heavy atom. The Labute approximate surface area is 132 Å². The average molecular weight is 318 g/mol. The number of aromatic nitrogens is 2. The summed E-state index contributed by atoms with van der Waals surface area (Å²) in [6, 6.07) is 3.46. The second kappa shape index (κ2) is 6.17. The van der Waals surface area contributed by atoms with Gasteiger partial charge in [0.2, 0.25) is 0 Å². The molecule has 2 unspecified atom stereocenters. The molecule has 0 spiro atoms. The highest BCUT2D eigenvalue weighted by Crippen LogP contribution is 2.34. The number of nitrogens with zero attached hydrogens (tertiary/aromatic N) is 1. The van der Waals surface area contributed by atoms with E-state index in [4.69, 9.17) is 18.9 Å². The van der Waals surface area contributed by atoms with E-state index < -0.39 is 0 Å². The summed E-state index contributed by atoms with van der Waals surface area (Å²) in [6.07, 6.45) is 3.03. The minimum atomic E-state index is -0.196. The number of hydrogen-bond acceptors (Lipinski definition) is 6. The number of H-pyrrole nitrogens is 1. The van der Waals surface area contributed by atoms with Crippen LogP contribution in [0.2, 0.25) is 0 Å². The molecule has 0 saturated carbocycles. The Morgan fingerprint density at radius 1 is 1.04 bits per heavy atom. The summed E-state index contributed by atoms with van der Waals surface area (Å²) in [5.74, 6) is 1.15. The van der Waals surface area contributed by atoms with Gasteiger partial charge in [0.05, 0.1) is 43.7 Å². The number of fused-ring (bicyclic) bond motifs is 1. The molecule has 0 aliphatic carbocycles. The van der Waals surface area contributed by atoms with Gasteiger partial charge in [0, 0.05) is 18.9 Å². The van der Waals surface area contributed by atoms with Crippen LogP contribution < -0.4 is 15.0 Å². The molecule has 2 saturated heterocycles. The van der Waals surface area contributed by atoms with Gasteiger partial charge in [-0.05, 0) is 6.07 Å². The number of ether oxygens (including phenoxy) is 4. The van der Waals surface area contributed by atoms with Crippen LogP contribution in [0.5, 0.6) is 11.5 Å². The molecule has 2 atom stereocenters. The molecule has 2 aliphatic heterocycles. The second-order valence-corrected chi connectivity index (χ2v) is 5.75. The third kappa shape index (κ3) is 3.02. The fourth-order valence-corrected chi connectivity index (χ4v) is 2.83. The van der Waals surface area contributed by atoms with E-state index in [0.29, 0.717) is 48.8 Å². The monoisotopic (exact) mass is 318 g/mol. The minimum Gasteiger partial charge on any atom is -0.484 e. The minimum absolute atomic E-state index is 0.00313. The van der Waals surface area contributed by atoms with Crippen molar-refractivity contribution in [2.45, 2.75) is 25.0 Å². The fraction of sp³-hybridized carbons (Fsp3) is 0.500. The number of rotatable bonds is 4. The van der Waals surface area contributed by atoms with E-state index in [1.807, 2.05) is 0 Å². The Bertz CT molecular complexity index is 748. The second-order valence-electron chi connectivity index (χ2n) is 5.75. The van der Waals surface area contributed by atoms with Crippen molar-refractivity contribution in [3.63, 3.8) is 0 Å². The molecule has 2 aliphatic rings. The van der Waals surface area contributed by atoms with Crippen molar-refractivity contribution in [2.24, 2.45) is 0 Å². The molecule has 2 fully saturated rings. The highest BCUT2D eigenvalue weighted by Gasteiger charge is 2.23. The van der Waals surface area contributed by atoms with Crippen molar-refractivity contribution in [2.75, 3.05) is 26.4 Å². The highest BCUT2D eigenvalue weighted by atomic mass is 16.6. The van der Waals surface area contributed by atoms with Gasteiger partial charge in [-0.1, -0.05) is 0 Å². The van der Waals surface area contributed by atoms with Crippen LogP contribution >= 0.6 is 0 Å². The Hall–Kier alpha value is -2.12. The Balaban J connectivity index is 1.71. The summed E-state index contributed by atoms with van der Waals surface area (Å²) in [5, 5.41) is 0.483. The predicted octanol–water partition coefficient (Wildman–Crippen LogP) is 1.26. The molecular weight excluding hydrogens is 300 g/mol. The summed E-state index contributed by atoms with van der Waals surface area (Å²) >= 11 is 0. The zero-order valence-electron chi connectivity index (χ0n) is 12.6. The van der Waals surface area contributed by atoms with Gasteiger partial charge in [0.1, 0.15) is 12.2 Å². The van der Waals surface area contributed by atoms with E-state index in [-0.39, 0.29) is 17.8 Å². The molecule has 122 valence electrons. The fourth-order valence-electron chi connectivity index (χ4n) is 2.83. The van der Waals surface area contributed by atoms with Crippen LogP contribution in [-0.4, -0.2) is 48.6 Å². The van der Waals surface area contributed by atoms with Crippen molar-refractivity contribution in [1.82, 2.24) is 9.97 Å². The quantitative estimate of drug-likeness (QED) is 0.914.